The first-order chi connectivity index (χ1) is 12.1. The standard InChI is InChI=1S/C21H25N2O2/c1-4-16-8-7-12-23(14-16)13-11-18-17-9-5-6-10-19(17)22-20(18)15(2)21(24)25-3/h5-10,14,16,22H,2,4,11-13H2,1,3H3/q+1/t16-/m0/s1. The van der Waals surface area contributed by atoms with Crippen LogP contribution in [-0.4, -0.2) is 41.9 Å². The zero-order valence-electron chi connectivity index (χ0n) is 14.9. The largest absolute Gasteiger partial charge is 0.465 e. The first-order valence-electron chi connectivity index (χ1n) is 8.77. The van der Waals surface area contributed by atoms with Crippen LogP contribution in [0, 0.1) is 5.92 Å². The van der Waals surface area contributed by atoms with Crippen molar-refractivity contribution in [3.8, 4) is 0 Å². The summed E-state index contributed by atoms with van der Waals surface area (Å²) in [4.78, 5) is 15.3. The summed E-state index contributed by atoms with van der Waals surface area (Å²) < 4.78 is 7.20. The zero-order valence-corrected chi connectivity index (χ0v) is 14.9. The summed E-state index contributed by atoms with van der Waals surface area (Å²) in [5.41, 5.74) is 3.31. The number of ether oxygens (including phenoxy) is 1. The molecule has 2 aromatic rings. The van der Waals surface area contributed by atoms with Crippen LogP contribution in [0.5, 0.6) is 0 Å². The number of para-hydroxylation sites is 1. The molecule has 3 rings (SSSR count). The maximum absolute atomic E-state index is 12.0. The Hall–Kier alpha value is -2.62. The van der Waals surface area contributed by atoms with E-state index in [0.717, 1.165) is 48.1 Å². The summed E-state index contributed by atoms with van der Waals surface area (Å²) in [5.74, 6) is 0.118. The van der Waals surface area contributed by atoms with Gasteiger partial charge in [-0.3, -0.25) is 0 Å². The van der Waals surface area contributed by atoms with E-state index in [1.807, 2.05) is 18.2 Å². The Morgan fingerprint density at radius 1 is 1.40 bits per heavy atom. The third-order valence-electron chi connectivity index (χ3n) is 4.79. The summed E-state index contributed by atoms with van der Waals surface area (Å²) in [5, 5.41) is 1.14. The van der Waals surface area contributed by atoms with Crippen molar-refractivity contribution in [2.75, 3.05) is 20.2 Å². The van der Waals surface area contributed by atoms with E-state index in [1.54, 1.807) is 0 Å². The normalized spacial score (nSPS) is 16.7. The molecule has 25 heavy (non-hydrogen) atoms. The first kappa shape index (κ1) is 17.2. The van der Waals surface area contributed by atoms with Crippen LogP contribution in [0.4, 0.5) is 0 Å². The number of nitrogens with zero attached hydrogens (tertiary/aromatic N) is 1. The van der Waals surface area contributed by atoms with Gasteiger partial charge in [-0.25, -0.2) is 9.37 Å². The van der Waals surface area contributed by atoms with Crippen LogP contribution < -0.4 is 0 Å². The van der Waals surface area contributed by atoms with Gasteiger partial charge >= 0.3 is 5.97 Å². The molecule has 1 aliphatic rings. The molecule has 4 heteroatoms. The minimum Gasteiger partial charge on any atom is -0.465 e. The van der Waals surface area contributed by atoms with Crippen LogP contribution in [0.15, 0.2) is 43.0 Å². The van der Waals surface area contributed by atoms with Crippen molar-refractivity contribution in [1.29, 1.82) is 0 Å². The van der Waals surface area contributed by atoms with Gasteiger partial charge in [0.15, 0.2) is 6.54 Å². The highest BCUT2D eigenvalue weighted by atomic mass is 16.5. The molecular formula is C21H25N2O2+. The molecular weight excluding hydrogens is 312 g/mol. The van der Waals surface area contributed by atoms with Gasteiger partial charge in [-0.2, -0.15) is 0 Å². The summed E-state index contributed by atoms with van der Waals surface area (Å²) in [7, 11) is 1.38. The summed E-state index contributed by atoms with van der Waals surface area (Å²) in [6.45, 7) is 7.98. The number of allylic oxidation sites excluding steroid dienone is 1. The predicted molar refractivity (Wildman–Crippen MR) is 102 cm³/mol. The lowest BCUT2D eigenvalue weighted by atomic mass is 10.0. The second-order valence-electron chi connectivity index (χ2n) is 6.39. The quantitative estimate of drug-likeness (QED) is 0.379. The lowest BCUT2D eigenvalue weighted by Gasteiger charge is -2.11. The van der Waals surface area contributed by atoms with Gasteiger partial charge in [-0.15, -0.1) is 0 Å². The summed E-state index contributed by atoms with van der Waals surface area (Å²) in [6.07, 6.45) is 8.77. The van der Waals surface area contributed by atoms with Crippen molar-refractivity contribution >= 4 is 28.7 Å². The van der Waals surface area contributed by atoms with E-state index in [9.17, 15) is 4.79 Å². The number of rotatable bonds is 6. The molecule has 0 fully saturated rings. The van der Waals surface area contributed by atoms with E-state index in [2.05, 4.69) is 47.5 Å². The lowest BCUT2D eigenvalue weighted by Crippen LogP contribution is -2.23. The SMILES string of the molecule is C=C(C(=O)OC)c1[nH]c2ccccc2c1CC[N+]1=C[C@@H](CC)C=CC1. The van der Waals surface area contributed by atoms with Gasteiger partial charge in [0.25, 0.3) is 0 Å². The van der Waals surface area contributed by atoms with Gasteiger partial charge < -0.3 is 9.72 Å². The zero-order chi connectivity index (χ0) is 17.8. The second-order valence-corrected chi connectivity index (χ2v) is 6.39. The first-order valence-corrected chi connectivity index (χ1v) is 8.77. The second kappa shape index (κ2) is 7.51. The number of hydrogen-bond acceptors (Lipinski definition) is 2. The average molecular weight is 337 g/mol. The number of benzene rings is 1. The number of methoxy groups -OCH3 is 1. The number of aromatic amines is 1. The van der Waals surface area contributed by atoms with Gasteiger partial charge in [0.05, 0.1) is 24.3 Å². The molecule has 4 nitrogen and oxygen atoms in total. The van der Waals surface area contributed by atoms with Crippen molar-refractivity contribution < 1.29 is 14.1 Å². The van der Waals surface area contributed by atoms with E-state index in [0.29, 0.717) is 11.5 Å². The van der Waals surface area contributed by atoms with Crippen molar-refractivity contribution in [3.05, 3.63) is 54.3 Å². The average Bonchev–Trinajstić information content (AvgIpc) is 3.03. The van der Waals surface area contributed by atoms with Crippen LogP contribution in [0.2, 0.25) is 0 Å². The van der Waals surface area contributed by atoms with Crippen LogP contribution in [0.1, 0.15) is 24.6 Å². The Bertz CT molecular complexity index is 858. The number of carbonyl (C=O) groups excluding carboxylic acids is 1. The lowest BCUT2D eigenvalue weighted by molar-refractivity contribution is -0.515. The molecule has 0 unspecified atom stereocenters. The molecule has 0 spiro atoms. The third kappa shape index (κ3) is 3.58. The van der Waals surface area contributed by atoms with Crippen LogP contribution in [-0.2, 0) is 16.0 Å². The Balaban J connectivity index is 1.90. The molecule has 0 radical (unpaired) electrons. The fourth-order valence-electron chi connectivity index (χ4n) is 3.36. The molecule has 0 aliphatic carbocycles. The van der Waals surface area contributed by atoms with Gasteiger partial charge in [-0.1, -0.05) is 37.8 Å². The Morgan fingerprint density at radius 2 is 2.20 bits per heavy atom. The predicted octanol–water partition coefficient (Wildman–Crippen LogP) is 3.58. The van der Waals surface area contributed by atoms with E-state index in [-0.39, 0.29) is 0 Å². The summed E-state index contributed by atoms with van der Waals surface area (Å²) >= 11 is 0. The molecule has 1 atom stereocenters. The number of fused-ring (bicyclic) bond motifs is 1. The van der Waals surface area contributed by atoms with Crippen LogP contribution >= 0.6 is 0 Å². The maximum atomic E-state index is 12.0. The van der Waals surface area contributed by atoms with Crippen molar-refractivity contribution in [2.45, 2.75) is 19.8 Å². The molecule has 1 aliphatic heterocycles. The number of esters is 1. The van der Waals surface area contributed by atoms with Crippen LogP contribution in [0.3, 0.4) is 0 Å². The topological polar surface area (TPSA) is 45.1 Å². The number of carbonyl (C=O) groups is 1. The molecule has 1 N–H and O–H groups in total. The number of nitrogens with one attached hydrogen (secondary N) is 1. The minimum atomic E-state index is -0.397. The Morgan fingerprint density at radius 3 is 2.96 bits per heavy atom. The molecule has 2 heterocycles. The molecule has 1 aromatic carbocycles. The molecule has 0 saturated carbocycles. The Labute approximate surface area is 148 Å². The molecule has 1 aromatic heterocycles. The van der Waals surface area contributed by atoms with Crippen molar-refractivity contribution in [2.24, 2.45) is 5.92 Å². The van der Waals surface area contributed by atoms with E-state index >= 15 is 0 Å². The van der Waals surface area contributed by atoms with Crippen molar-refractivity contribution in [3.63, 3.8) is 0 Å². The maximum Gasteiger partial charge on any atom is 0.339 e. The fourth-order valence-corrected chi connectivity index (χ4v) is 3.36. The van der Waals surface area contributed by atoms with E-state index in [4.69, 9.17) is 4.74 Å². The highest BCUT2D eigenvalue weighted by Gasteiger charge is 2.20. The minimum absolute atomic E-state index is 0.377. The smallest absolute Gasteiger partial charge is 0.339 e. The van der Waals surface area contributed by atoms with Gasteiger partial charge in [0.1, 0.15) is 12.8 Å². The highest BCUT2D eigenvalue weighted by Crippen LogP contribution is 2.28. The van der Waals surface area contributed by atoms with Gasteiger partial charge in [0, 0.05) is 17.3 Å². The molecule has 130 valence electrons. The van der Waals surface area contributed by atoms with E-state index < -0.39 is 5.97 Å². The summed E-state index contributed by atoms with van der Waals surface area (Å²) in [6, 6.07) is 8.12. The van der Waals surface area contributed by atoms with E-state index in [1.165, 1.54) is 7.11 Å². The van der Waals surface area contributed by atoms with Crippen LogP contribution in [0.25, 0.3) is 16.5 Å². The number of H-pyrrole nitrogens is 1. The molecule has 0 saturated heterocycles. The highest BCUT2D eigenvalue weighted by molar-refractivity contribution is 6.16. The van der Waals surface area contributed by atoms with Crippen molar-refractivity contribution in [1.82, 2.24) is 4.98 Å². The number of hydrogen-bond donors (Lipinski definition) is 1. The van der Waals surface area contributed by atoms with Gasteiger partial charge in [0.2, 0.25) is 0 Å². The molecule has 0 bridgehead atoms. The molecule has 0 amide bonds. The monoisotopic (exact) mass is 337 g/mol. The Kier molecular flexibility index (Phi) is 5.17. The third-order valence-corrected chi connectivity index (χ3v) is 4.79. The van der Waals surface area contributed by atoms with Gasteiger partial charge in [-0.05, 0) is 24.1 Å². The number of aromatic nitrogens is 1. The fraction of sp³-hybridized carbons (Fsp3) is 0.333.